The van der Waals surface area contributed by atoms with Gasteiger partial charge in [0.05, 0.1) is 0 Å². The molecule has 0 saturated heterocycles. The smallest absolute Gasteiger partial charge is 0.128 e. The molecule has 3 unspecified atom stereocenters. The highest BCUT2D eigenvalue weighted by molar-refractivity contribution is 5.24. The van der Waals surface area contributed by atoms with Crippen LogP contribution in [0.2, 0.25) is 0 Å². The van der Waals surface area contributed by atoms with Crippen LogP contribution in [0.15, 0.2) is 18.2 Å². The van der Waals surface area contributed by atoms with Crippen LogP contribution < -0.4 is 5.32 Å². The number of rotatable bonds is 4. The molecule has 18 heavy (non-hydrogen) atoms. The summed E-state index contributed by atoms with van der Waals surface area (Å²) in [5, 5.41) is 3.34. The molecule has 0 amide bonds. The molecule has 0 bridgehead atoms. The van der Waals surface area contributed by atoms with E-state index in [9.17, 15) is 8.78 Å². The lowest BCUT2D eigenvalue weighted by Crippen LogP contribution is -2.28. The van der Waals surface area contributed by atoms with Gasteiger partial charge in [0.15, 0.2) is 0 Å². The molecule has 3 atom stereocenters. The molecule has 3 rings (SSSR count). The fraction of sp³-hybridized carbons (Fsp3) is 0.600. The summed E-state index contributed by atoms with van der Waals surface area (Å²) in [7, 11) is 0. The van der Waals surface area contributed by atoms with Crippen molar-refractivity contribution in [2.24, 2.45) is 17.8 Å². The molecule has 1 aromatic carbocycles. The quantitative estimate of drug-likeness (QED) is 0.861. The van der Waals surface area contributed by atoms with Gasteiger partial charge in [-0.3, -0.25) is 0 Å². The second-order valence-electron chi connectivity index (χ2n) is 5.69. The van der Waals surface area contributed by atoms with Crippen LogP contribution in [0, 0.1) is 29.4 Å². The molecule has 3 heteroatoms. The van der Waals surface area contributed by atoms with Crippen LogP contribution in [0.1, 0.15) is 37.8 Å². The van der Waals surface area contributed by atoms with E-state index in [1.54, 1.807) is 0 Å². The van der Waals surface area contributed by atoms with E-state index < -0.39 is 0 Å². The Kier molecular flexibility index (Phi) is 3.10. The van der Waals surface area contributed by atoms with E-state index in [1.807, 2.05) is 6.92 Å². The third kappa shape index (κ3) is 2.16. The number of hydrogen-bond donors (Lipinski definition) is 1. The molecular formula is C15H19F2N. The maximum Gasteiger partial charge on any atom is 0.128 e. The second kappa shape index (κ2) is 4.61. The second-order valence-corrected chi connectivity index (χ2v) is 5.69. The van der Waals surface area contributed by atoms with E-state index in [-0.39, 0.29) is 17.7 Å². The van der Waals surface area contributed by atoms with E-state index in [0.29, 0.717) is 11.5 Å². The summed E-state index contributed by atoms with van der Waals surface area (Å²) < 4.78 is 27.2. The summed E-state index contributed by atoms with van der Waals surface area (Å²) in [6.07, 6.45) is 3.68. The first-order valence-corrected chi connectivity index (χ1v) is 6.87. The van der Waals surface area contributed by atoms with E-state index in [4.69, 9.17) is 0 Å². The van der Waals surface area contributed by atoms with Crippen molar-refractivity contribution >= 4 is 0 Å². The standard InChI is InChI=1S/C15H19F2N/c1-2-18-15(11-6-9-5-10(9)7-11)13-8-12(16)3-4-14(13)17/h3-4,8-11,15,18H,2,5-7H2,1H3. The van der Waals surface area contributed by atoms with Gasteiger partial charge in [-0.2, -0.15) is 0 Å². The summed E-state index contributed by atoms with van der Waals surface area (Å²) in [5.41, 5.74) is 0.503. The number of fused-ring (bicyclic) bond motifs is 1. The van der Waals surface area contributed by atoms with Gasteiger partial charge in [0, 0.05) is 11.6 Å². The summed E-state index contributed by atoms with van der Waals surface area (Å²) in [6.45, 7) is 2.80. The van der Waals surface area contributed by atoms with Crippen molar-refractivity contribution < 1.29 is 8.78 Å². The first-order chi connectivity index (χ1) is 8.69. The molecule has 2 saturated carbocycles. The SMILES string of the molecule is CCNC(c1cc(F)ccc1F)C1CC2CC2C1. The highest BCUT2D eigenvalue weighted by Crippen LogP contribution is 2.57. The fourth-order valence-electron chi connectivity index (χ4n) is 3.54. The summed E-state index contributed by atoms with van der Waals surface area (Å²) in [5.74, 6) is 1.53. The van der Waals surface area contributed by atoms with Gasteiger partial charge < -0.3 is 5.32 Å². The van der Waals surface area contributed by atoms with Crippen molar-refractivity contribution in [3.05, 3.63) is 35.4 Å². The number of benzene rings is 1. The third-order valence-electron chi connectivity index (χ3n) is 4.47. The van der Waals surface area contributed by atoms with Gasteiger partial charge in [-0.05, 0) is 61.8 Å². The van der Waals surface area contributed by atoms with Crippen molar-refractivity contribution in [3.8, 4) is 0 Å². The molecule has 0 aliphatic heterocycles. The Labute approximate surface area is 107 Å². The normalized spacial score (nSPS) is 31.2. The topological polar surface area (TPSA) is 12.0 Å². The largest absolute Gasteiger partial charge is 0.310 e. The Morgan fingerprint density at radius 2 is 1.94 bits per heavy atom. The van der Waals surface area contributed by atoms with E-state index >= 15 is 0 Å². The number of halogens is 2. The molecule has 2 aliphatic rings. The zero-order chi connectivity index (χ0) is 12.7. The van der Waals surface area contributed by atoms with Crippen LogP contribution in [-0.4, -0.2) is 6.54 Å². The molecule has 1 N–H and O–H groups in total. The molecule has 1 aromatic rings. The molecule has 1 nitrogen and oxygen atoms in total. The fourth-order valence-corrected chi connectivity index (χ4v) is 3.54. The van der Waals surface area contributed by atoms with E-state index in [1.165, 1.54) is 24.6 Å². The Hall–Kier alpha value is -0.960. The Morgan fingerprint density at radius 1 is 1.22 bits per heavy atom. The Bertz CT molecular complexity index is 436. The average Bonchev–Trinajstić information content (AvgIpc) is 2.97. The minimum atomic E-state index is -0.350. The highest BCUT2D eigenvalue weighted by Gasteiger charge is 2.48. The zero-order valence-corrected chi connectivity index (χ0v) is 10.6. The molecule has 0 heterocycles. The number of nitrogens with one attached hydrogen (secondary N) is 1. The monoisotopic (exact) mass is 251 g/mol. The van der Waals surface area contributed by atoms with Crippen LogP contribution in [0.25, 0.3) is 0 Å². The minimum Gasteiger partial charge on any atom is -0.310 e. The lowest BCUT2D eigenvalue weighted by Gasteiger charge is -2.26. The minimum absolute atomic E-state index is 0.0292. The molecule has 0 spiro atoms. The highest BCUT2D eigenvalue weighted by atomic mass is 19.1. The van der Waals surface area contributed by atoms with Gasteiger partial charge in [-0.25, -0.2) is 8.78 Å². The zero-order valence-electron chi connectivity index (χ0n) is 10.6. The van der Waals surface area contributed by atoms with Crippen LogP contribution in [0.5, 0.6) is 0 Å². The summed E-state index contributed by atoms with van der Waals surface area (Å²) in [6, 6.07) is 3.75. The predicted molar refractivity (Wildman–Crippen MR) is 67.1 cm³/mol. The number of hydrogen-bond acceptors (Lipinski definition) is 1. The molecular weight excluding hydrogens is 232 g/mol. The van der Waals surface area contributed by atoms with Crippen molar-refractivity contribution in [2.75, 3.05) is 6.54 Å². The molecule has 0 aromatic heterocycles. The first kappa shape index (κ1) is 12.1. The van der Waals surface area contributed by atoms with E-state index in [2.05, 4.69) is 5.32 Å². The van der Waals surface area contributed by atoms with Crippen molar-refractivity contribution in [2.45, 2.75) is 32.2 Å². The van der Waals surface area contributed by atoms with Crippen LogP contribution in [0.3, 0.4) is 0 Å². The predicted octanol–water partition coefficient (Wildman–Crippen LogP) is 3.66. The van der Waals surface area contributed by atoms with Gasteiger partial charge in [-0.1, -0.05) is 6.92 Å². The van der Waals surface area contributed by atoms with Crippen LogP contribution in [0.4, 0.5) is 8.78 Å². The third-order valence-corrected chi connectivity index (χ3v) is 4.47. The van der Waals surface area contributed by atoms with Crippen LogP contribution in [-0.2, 0) is 0 Å². The Balaban J connectivity index is 1.85. The van der Waals surface area contributed by atoms with Gasteiger partial charge in [0.25, 0.3) is 0 Å². The molecule has 2 aliphatic carbocycles. The van der Waals surface area contributed by atoms with Gasteiger partial charge in [-0.15, -0.1) is 0 Å². The van der Waals surface area contributed by atoms with Crippen molar-refractivity contribution in [1.29, 1.82) is 0 Å². The Morgan fingerprint density at radius 3 is 2.61 bits per heavy atom. The summed E-state index contributed by atoms with van der Waals surface area (Å²) in [4.78, 5) is 0. The first-order valence-electron chi connectivity index (χ1n) is 6.87. The lowest BCUT2D eigenvalue weighted by atomic mass is 9.88. The van der Waals surface area contributed by atoms with E-state index in [0.717, 1.165) is 31.2 Å². The maximum atomic E-state index is 13.9. The van der Waals surface area contributed by atoms with Crippen LogP contribution >= 0.6 is 0 Å². The van der Waals surface area contributed by atoms with Crippen molar-refractivity contribution in [3.63, 3.8) is 0 Å². The molecule has 98 valence electrons. The molecule has 0 radical (unpaired) electrons. The maximum absolute atomic E-state index is 13.9. The van der Waals surface area contributed by atoms with Crippen molar-refractivity contribution in [1.82, 2.24) is 5.32 Å². The van der Waals surface area contributed by atoms with Gasteiger partial charge >= 0.3 is 0 Å². The lowest BCUT2D eigenvalue weighted by molar-refractivity contribution is 0.336. The summed E-state index contributed by atoms with van der Waals surface area (Å²) >= 11 is 0. The van der Waals surface area contributed by atoms with Gasteiger partial charge in [0.1, 0.15) is 11.6 Å². The average molecular weight is 251 g/mol. The molecule has 2 fully saturated rings. The van der Waals surface area contributed by atoms with Gasteiger partial charge in [0.2, 0.25) is 0 Å².